The number of alkyl halides is 2. The second kappa shape index (κ2) is 4.03. The van der Waals surface area contributed by atoms with Gasteiger partial charge in [-0.1, -0.05) is 0 Å². The third-order valence-electron chi connectivity index (χ3n) is 1.32. The third kappa shape index (κ3) is 2.17. The van der Waals surface area contributed by atoms with E-state index in [-0.39, 0.29) is 15.6 Å². The van der Waals surface area contributed by atoms with Gasteiger partial charge in [0.05, 0.1) is 3.57 Å². The van der Waals surface area contributed by atoms with Crippen LogP contribution in [-0.2, 0) is 0 Å². The zero-order valence-electron chi connectivity index (χ0n) is 6.10. The summed E-state index contributed by atoms with van der Waals surface area (Å²) in [7, 11) is 0. The molecule has 0 aliphatic heterocycles. The fourth-order valence-electron chi connectivity index (χ4n) is 0.756. The summed E-state index contributed by atoms with van der Waals surface area (Å²) in [5, 5.41) is 0. The lowest BCUT2D eigenvalue weighted by Crippen LogP contribution is -2.00. The summed E-state index contributed by atoms with van der Waals surface area (Å²) in [5.41, 5.74) is -0.830. The van der Waals surface area contributed by atoms with E-state index in [0.29, 0.717) is 0 Å². The number of rotatable bonds is 2. The highest BCUT2D eigenvalue weighted by Gasteiger charge is 2.17. The van der Waals surface area contributed by atoms with Crippen molar-refractivity contribution in [2.24, 2.45) is 0 Å². The zero-order valence-corrected chi connectivity index (χ0v) is 8.26. The monoisotopic (exact) mass is 301 g/mol. The first-order valence-corrected chi connectivity index (χ1v) is 4.23. The van der Waals surface area contributed by atoms with E-state index in [1.54, 1.807) is 0 Å². The Bertz CT molecular complexity index is 343. The first-order valence-electron chi connectivity index (χ1n) is 3.15. The largest absolute Gasteiger partial charge is 0.296 e. The highest BCUT2D eigenvalue weighted by Crippen LogP contribution is 2.25. The molecule has 0 atom stereocenters. The van der Waals surface area contributed by atoms with E-state index in [4.69, 9.17) is 0 Å². The smallest absolute Gasteiger partial charge is 0.265 e. The van der Waals surface area contributed by atoms with E-state index in [1.807, 2.05) is 0 Å². The van der Waals surface area contributed by atoms with Crippen LogP contribution in [0.25, 0.3) is 0 Å². The maximum Gasteiger partial charge on any atom is 0.265 e. The normalized spacial score (nSPS) is 10.5. The van der Waals surface area contributed by atoms with Gasteiger partial charge in [0, 0.05) is 5.56 Å². The quantitative estimate of drug-likeness (QED) is 0.477. The number of pyridine rings is 1. The van der Waals surface area contributed by atoms with Gasteiger partial charge in [0.1, 0.15) is 5.69 Å². The van der Waals surface area contributed by atoms with Crippen LogP contribution in [0.1, 0.15) is 22.5 Å². The number of hydrogen-bond acceptors (Lipinski definition) is 2. The van der Waals surface area contributed by atoms with E-state index in [9.17, 15) is 18.0 Å². The van der Waals surface area contributed by atoms with Gasteiger partial charge in [-0.3, -0.25) is 4.79 Å². The van der Waals surface area contributed by atoms with Gasteiger partial charge in [-0.05, 0) is 28.7 Å². The van der Waals surface area contributed by atoms with Gasteiger partial charge >= 0.3 is 0 Å². The van der Waals surface area contributed by atoms with Crippen LogP contribution in [0.5, 0.6) is 0 Å². The Morgan fingerprint density at radius 3 is 2.62 bits per heavy atom. The van der Waals surface area contributed by atoms with E-state index < -0.39 is 17.9 Å². The van der Waals surface area contributed by atoms with Crippen molar-refractivity contribution in [1.82, 2.24) is 4.98 Å². The van der Waals surface area contributed by atoms with Crippen LogP contribution in [-0.4, -0.2) is 11.3 Å². The minimum atomic E-state index is -2.80. The summed E-state index contributed by atoms with van der Waals surface area (Å²) in [6, 6.07) is 0.878. The topological polar surface area (TPSA) is 30.0 Å². The van der Waals surface area contributed by atoms with Gasteiger partial charge in [0.2, 0.25) is 5.95 Å². The number of aromatic nitrogens is 1. The average Bonchev–Trinajstić information content (AvgIpc) is 2.09. The van der Waals surface area contributed by atoms with Crippen LogP contribution in [0, 0.1) is 9.52 Å². The fourth-order valence-corrected chi connectivity index (χ4v) is 1.27. The summed E-state index contributed by atoms with van der Waals surface area (Å²) in [4.78, 5) is 13.3. The molecule has 1 rings (SSSR count). The number of nitrogens with zero attached hydrogens (tertiary/aromatic N) is 1. The molecule has 2 nitrogen and oxygen atoms in total. The molecule has 0 spiro atoms. The van der Waals surface area contributed by atoms with Crippen molar-refractivity contribution < 1.29 is 18.0 Å². The first kappa shape index (κ1) is 10.4. The number of carbonyl (C=O) groups excluding carboxylic acids is 1. The summed E-state index contributed by atoms with van der Waals surface area (Å²) in [6.07, 6.45) is -2.58. The van der Waals surface area contributed by atoms with Crippen molar-refractivity contribution in [3.05, 3.63) is 26.8 Å². The minimum Gasteiger partial charge on any atom is -0.296 e. The molecule has 0 saturated heterocycles. The van der Waals surface area contributed by atoms with E-state index in [0.717, 1.165) is 6.07 Å². The Morgan fingerprint density at radius 1 is 1.54 bits per heavy atom. The number of hydrogen-bond donors (Lipinski definition) is 0. The molecule has 1 aromatic rings. The standard InChI is InChI=1S/C7H3F3INO/c8-6(9)4-1-3(2-13)12-7(10)5(4)11/h1-2,6H. The van der Waals surface area contributed by atoms with Gasteiger partial charge in [-0.2, -0.15) is 4.39 Å². The highest BCUT2D eigenvalue weighted by atomic mass is 127. The Labute approximate surface area is 85.3 Å². The molecule has 0 saturated carbocycles. The van der Waals surface area contributed by atoms with Crippen LogP contribution >= 0.6 is 22.6 Å². The fraction of sp³-hybridized carbons (Fsp3) is 0.143. The van der Waals surface area contributed by atoms with Crippen molar-refractivity contribution >= 4 is 28.9 Å². The Balaban J connectivity index is 3.32. The maximum absolute atomic E-state index is 12.8. The molecule has 1 aromatic heterocycles. The molecule has 0 radical (unpaired) electrons. The van der Waals surface area contributed by atoms with Crippen LogP contribution in [0.15, 0.2) is 6.07 Å². The van der Waals surface area contributed by atoms with Crippen LogP contribution in [0.4, 0.5) is 13.2 Å². The minimum absolute atomic E-state index is 0.227. The third-order valence-corrected chi connectivity index (χ3v) is 2.39. The van der Waals surface area contributed by atoms with Crippen molar-refractivity contribution in [2.75, 3.05) is 0 Å². The molecule has 0 bridgehead atoms. The van der Waals surface area contributed by atoms with Crippen molar-refractivity contribution in [3.8, 4) is 0 Å². The van der Waals surface area contributed by atoms with E-state index in [2.05, 4.69) is 4.98 Å². The molecule has 0 amide bonds. The molecule has 0 aromatic carbocycles. The van der Waals surface area contributed by atoms with Gasteiger partial charge < -0.3 is 0 Å². The van der Waals surface area contributed by atoms with E-state index in [1.165, 1.54) is 22.6 Å². The number of carbonyl (C=O) groups is 1. The van der Waals surface area contributed by atoms with Crippen LogP contribution in [0.2, 0.25) is 0 Å². The molecule has 0 fully saturated rings. The molecule has 0 unspecified atom stereocenters. The average molecular weight is 301 g/mol. The SMILES string of the molecule is O=Cc1cc(C(F)F)c(I)c(F)n1. The van der Waals surface area contributed by atoms with Crippen molar-refractivity contribution in [1.29, 1.82) is 0 Å². The lowest BCUT2D eigenvalue weighted by molar-refractivity contribution is 0.111. The molecular formula is C7H3F3INO. The van der Waals surface area contributed by atoms with Crippen LogP contribution < -0.4 is 0 Å². The van der Waals surface area contributed by atoms with Gasteiger partial charge in [-0.25, -0.2) is 13.8 Å². The molecule has 0 aliphatic rings. The lowest BCUT2D eigenvalue weighted by Gasteiger charge is -2.03. The summed E-state index contributed by atoms with van der Waals surface area (Å²) in [6.45, 7) is 0. The predicted octanol–water partition coefficient (Wildman–Crippen LogP) is 2.58. The second-order valence-corrected chi connectivity index (χ2v) is 3.24. The predicted molar refractivity (Wildman–Crippen MR) is 47.3 cm³/mol. The highest BCUT2D eigenvalue weighted by molar-refractivity contribution is 14.1. The van der Waals surface area contributed by atoms with Gasteiger partial charge in [0.25, 0.3) is 6.43 Å². The van der Waals surface area contributed by atoms with Gasteiger partial charge in [0.15, 0.2) is 6.29 Å². The summed E-state index contributed by atoms with van der Waals surface area (Å²) in [5.74, 6) is -1.04. The Hall–Kier alpha value is -0.660. The molecule has 6 heteroatoms. The lowest BCUT2D eigenvalue weighted by atomic mass is 10.2. The molecule has 0 aliphatic carbocycles. The maximum atomic E-state index is 12.8. The van der Waals surface area contributed by atoms with Gasteiger partial charge in [-0.15, -0.1) is 0 Å². The van der Waals surface area contributed by atoms with Crippen LogP contribution in [0.3, 0.4) is 0 Å². The number of aldehydes is 1. The second-order valence-electron chi connectivity index (χ2n) is 2.16. The van der Waals surface area contributed by atoms with E-state index >= 15 is 0 Å². The number of halogens is 4. The molecule has 70 valence electrons. The molecule has 1 heterocycles. The summed E-state index contributed by atoms with van der Waals surface area (Å²) >= 11 is 1.42. The van der Waals surface area contributed by atoms with Crippen molar-refractivity contribution in [2.45, 2.75) is 6.43 Å². The molecule has 13 heavy (non-hydrogen) atoms. The summed E-state index contributed by atoms with van der Waals surface area (Å²) < 4.78 is 36.9. The Kier molecular flexibility index (Phi) is 3.23. The van der Waals surface area contributed by atoms with Crippen molar-refractivity contribution in [3.63, 3.8) is 0 Å². The first-order chi connectivity index (χ1) is 6.06. The zero-order chi connectivity index (χ0) is 10.0. The Morgan fingerprint density at radius 2 is 2.15 bits per heavy atom. The molecular weight excluding hydrogens is 298 g/mol. The molecule has 0 N–H and O–H groups in total.